The Hall–Kier alpha value is -2.10. The average Bonchev–Trinajstić information content (AvgIpc) is 3.04. The minimum Gasteiger partial charge on any atom is -0.342 e. The first kappa shape index (κ1) is 15.4. The van der Waals surface area contributed by atoms with E-state index in [1.165, 1.54) is 16.7 Å². The van der Waals surface area contributed by atoms with E-state index >= 15 is 0 Å². The molecule has 4 rings (SSSR count). The predicted octanol–water partition coefficient (Wildman–Crippen LogP) is 2.92. The smallest absolute Gasteiger partial charge is 0.226 e. The summed E-state index contributed by atoms with van der Waals surface area (Å²) in [6.07, 6.45) is 7.19. The van der Waals surface area contributed by atoms with Crippen LogP contribution in [-0.4, -0.2) is 33.7 Å². The molecule has 1 amide bonds. The number of rotatable bonds is 4. The van der Waals surface area contributed by atoms with Crippen LogP contribution in [0.1, 0.15) is 35.4 Å². The normalized spacial score (nSPS) is 25.9. The van der Waals surface area contributed by atoms with Crippen molar-refractivity contribution in [3.05, 3.63) is 53.3 Å². The van der Waals surface area contributed by atoms with Crippen LogP contribution in [0.5, 0.6) is 0 Å². The number of benzene rings is 1. The molecule has 0 unspecified atom stereocenters. The number of carbonyl (C=O) groups is 1. The van der Waals surface area contributed by atoms with Gasteiger partial charge in [-0.1, -0.05) is 24.3 Å². The summed E-state index contributed by atoms with van der Waals surface area (Å²) in [7, 11) is 1.95. The molecule has 24 heavy (non-hydrogen) atoms. The molecule has 1 aromatic carbocycles. The Morgan fingerprint density at radius 1 is 1.33 bits per heavy atom. The Labute approximate surface area is 143 Å². The molecule has 0 bridgehead atoms. The SMILES string of the molecule is Cc1ccccc1[C@@H]1C[C@@H]1C(=O)N1CC[C@H](Cc2cnn(C)c2)C1. The maximum absolute atomic E-state index is 12.8. The number of amides is 1. The maximum atomic E-state index is 12.8. The summed E-state index contributed by atoms with van der Waals surface area (Å²) in [6, 6.07) is 8.49. The monoisotopic (exact) mass is 323 g/mol. The van der Waals surface area contributed by atoms with E-state index in [0.29, 0.717) is 17.7 Å². The van der Waals surface area contributed by atoms with Crippen molar-refractivity contribution in [1.82, 2.24) is 14.7 Å². The lowest BCUT2D eigenvalue weighted by Crippen LogP contribution is -2.30. The van der Waals surface area contributed by atoms with Crippen LogP contribution >= 0.6 is 0 Å². The summed E-state index contributed by atoms with van der Waals surface area (Å²) >= 11 is 0. The Bertz CT molecular complexity index is 751. The van der Waals surface area contributed by atoms with Gasteiger partial charge in [0.05, 0.1) is 6.20 Å². The second kappa shape index (κ2) is 6.08. The van der Waals surface area contributed by atoms with Crippen molar-refractivity contribution in [2.75, 3.05) is 13.1 Å². The molecular weight excluding hydrogens is 298 g/mol. The molecule has 4 heteroatoms. The average molecular weight is 323 g/mol. The van der Waals surface area contributed by atoms with Crippen molar-refractivity contribution in [2.45, 2.75) is 32.1 Å². The van der Waals surface area contributed by atoms with Gasteiger partial charge in [0.2, 0.25) is 5.91 Å². The number of aromatic nitrogens is 2. The van der Waals surface area contributed by atoms with E-state index in [0.717, 1.165) is 32.4 Å². The van der Waals surface area contributed by atoms with Crippen molar-refractivity contribution >= 4 is 5.91 Å². The number of carbonyl (C=O) groups excluding carboxylic acids is 1. The number of hydrogen-bond donors (Lipinski definition) is 0. The molecule has 1 saturated carbocycles. The Balaban J connectivity index is 1.34. The molecule has 2 fully saturated rings. The molecule has 1 saturated heterocycles. The summed E-state index contributed by atoms with van der Waals surface area (Å²) in [6.45, 7) is 3.97. The topological polar surface area (TPSA) is 38.1 Å². The van der Waals surface area contributed by atoms with Gasteiger partial charge in [0, 0.05) is 32.3 Å². The van der Waals surface area contributed by atoms with E-state index in [-0.39, 0.29) is 5.92 Å². The largest absolute Gasteiger partial charge is 0.342 e. The Kier molecular flexibility index (Phi) is 3.91. The van der Waals surface area contributed by atoms with E-state index in [4.69, 9.17) is 0 Å². The predicted molar refractivity (Wildman–Crippen MR) is 93.6 cm³/mol. The maximum Gasteiger partial charge on any atom is 0.226 e. The standard InChI is InChI=1S/C20H25N3O/c1-14-5-3-4-6-17(14)18-10-19(18)20(24)23-8-7-15(13-23)9-16-11-21-22(2)12-16/h3-6,11-12,15,18-19H,7-10,13H2,1-2H3/t15-,18+,19+/m1/s1. The van der Waals surface area contributed by atoms with Crippen molar-refractivity contribution < 1.29 is 4.79 Å². The number of likely N-dealkylation sites (tertiary alicyclic amines) is 1. The minimum absolute atomic E-state index is 0.211. The first-order valence-electron chi connectivity index (χ1n) is 8.93. The third-order valence-electron chi connectivity index (χ3n) is 5.58. The minimum atomic E-state index is 0.211. The van der Waals surface area contributed by atoms with Gasteiger partial charge in [0.1, 0.15) is 0 Å². The van der Waals surface area contributed by atoms with E-state index in [1.807, 2.05) is 17.9 Å². The lowest BCUT2D eigenvalue weighted by Gasteiger charge is -2.17. The quantitative estimate of drug-likeness (QED) is 0.868. The van der Waals surface area contributed by atoms with Gasteiger partial charge in [-0.05, 0) is 54.7 Å². The van der Waals surface area contributed by atoms with Gasteiger partial charge in [-0.15, -0.1) is 0 Å². The molecule has 1 aliphatic carbocycles. The lowest BCUT2D eigenvalue weighted by atomic mass is 10.0. The van der Waals surface area contributed by atoms with Crippen molar-refractivity contribution in [1.29, 1.82) is 0 Å². The van der Waals surface area contributed by atoms with Crippen LogP contribution < -0.4 is 0 Å². The van der Waals surface area contributed by atoms with Crippen LogP contribution in [0.25, 0.3) is 0 Å². The second-order valence-corrected chi connectivity index (χ2v) is 7.47. The summed E-state index contributed by atoms with van der Waals surface area (Å²) in [4.78, 5) is 14.9. The van der Waals surface area contributed by atoms with Gasteiger partial charge in [0.15, 0.2) is 0 Å². The molecule has 2 aromatic rings. The molecule has 4 nitrogen and oxygen atoms in total. The Morgan fingerprint density at radius 2 is 2.17 bits per heavy atom. The van der Waals surface area contributed by atoms with E-state index < -0.39 is 0 Å². The van der Waals surface area contributed by atoms with Gasteiger partial charge < -0.3 is 4.90 Å². The molecule has 0 spiro atoms. The molecule has 2 aliphatic rings. The summed E-state index contributed by atoms with van der Waals surface area (Å²) in [5.74, 6) is 1.60. The van der Waals surface area contributed by atoms with Gasteiger partial charge in [-0.2, -0.15) is 5.10 Å². The molecule has 126 valence electrons. The molecule has 0 radical (unpaired) electrons. The summed E-state index contributed by atoms with van der Waals surface area (Å²) in [5, 5.41) is 4.24. The number of hydrogen-bond acceptors (Lipinski definition) is 2. The highest BCUT2D eigenvalue weighted by Gasteiger charge is 2.47. The Morgan fingerprint density at radius 3 is 2.92 bits per heavy atom. The molecule has 1 aromatic heterocycles. The third kappa shape index (κ3) is 2.97. The fraction of sp³-hybridized carbons (Fsp3) is 0.500. The van der Waals surface area contributed by atoms with E-state index in [9.17, 15) is 4.79 Å². The van der Waals surface area contributed by atoms with Crippen LogP contribution in [0.3, 0.4) is 0 Å². The highest BCUT2D eigenvalue weighted by atomic mass is 16.2. The van der Waals surface area contributed by atoms with Crippen LogP contribution in [0.2, 0.25) is 0 Å². The zero-order valence-electron chi connectivity index (χ0n) is 14.5. The van der Waals surface area contributed by atoms with Crippen LogP contribution in [0.15, 0.2) is 36.7 Å². The molecule has 0 N–H and O–H groups in total. The summed E-state index contributed by atoms with van der Waals surface area (Å²) in [5.41, 5.74) is 3.96. The number of aryl methyl sites for hydroxylation is 2. The van der Waals surface area contributed by atoms with E-state index in [1.54, 1.807) is 0 Å². The lowest BCUT2D eigenvalue weighted by molar-refractivity contribution is -0.131. The van der Waals surface area contributed by atoms with Crippen LogP contribution in [0.4, 0.5) is 0 Å². The van der Waals surface area contributed by atoms with Crippen LogP contribution in [0, 0.1) is 18.8 Å². The zero-order valence-corrected chi connectivity index (χ0v) is 14.5. The second-order valence-electron chi connectivity index (χ2n) is 7.47. The highest BCUT2D eigenvalue weighted by Crippen LogP contribution is 2.49. The third-order valence-corrected chi connectivity index (χ3v) is 5.58. The summed E-state index contributed by atoms with van der Waals surface area (Å²) < 4.78 is 1.85. The molecular formula is C20H25N3O. The molecule has 3 atom stereocenters. The molecule has 2 heterocycles. The molecule has 1 aliphatic heterocycles. The van der Waals surface area contributed by atoms with E-state index in [2.05, 4.69) is 47.4 Å². The van der Waals surface area contributed by atoms with Crippen LogP contribution in [-0.2, 0) is 18.3 Å². The zero-order chi connectivity index (χ0) is 16.7. The first-order valence-corrected chi connectivity index (χ1v) is 8.93. The van der Waals surface area contributed by atoms with Gasteiger partial charge in [0.25, 0.3) is 0 Å². The first-order chi connectivity index (χ1) is 11.6. The van der Waals surface area contributed by atoms with Crippen molar-refractivity contribution in [2.24, 2.45) is 18.9 Å². The van der Waals surface area contributed by atoms with Gasteiger partial charge in [-0.3, -0.25) is 9.48 Å². The van der Waals surface area contributed by atoms with Crippen molar-refractivity contribution in [3.8, 4) is 0 Å². The van der Waals surface area contributed by atoms with Gasteiger partial charge in [-0.25, -0.2) is 0 Å². The highest BCUT2D eigenvalue weighted by molar-refractivity contribution is 5.83. The fourth-order valence-corrected chi connectivity index (χ4v) is 4.16. The van der Waals surface area contributed by atoms with Crippen molar-refractivity contribution in [3.63, 3.8) is 0 Å². The van der Waals surface area contributed by atoms with Gasteiger partial charge >= 0.3 is 0 Å². The number of nitrogens with zero attached hydrogens (tertiary/aromatic N) is 3. The fourth-order valence-electron chi connectivity index (χ4n) is 4.16.